The van der Waals surface area contributed by atoms with Crippen molar-refractivity contribution in [2.45, 2.75) is 43.0 Å². The molecule has 0 aromatic heterocycles. The maximum absolute atomic E-state index is 12.1. The lowest BCUT2D eigenvalue weighted by atomic mass is 9.84. The molecule has 1 aromatic rings. The van der Waals surface area contributed by atoms with Gasteiger partial charge in [-0.05, 0) is 43.0 Å². The smallest absolute Gasteiger partial charge is 0.230 e. The first-order valence-corrected chi connectivity index (χ1v) is 8.59. The maximum Gasteiger partial charge on any atom is 0.230 e. The van der Waals surface area contributed by atoms with Crippen molar-refractivity contribution in [1.82, 2.24) is 5.32 Å². The van der Waals surface area contributed by atoms with E-state index in [0.717, 1.165) is 4.90 Å². The van der Waals surface area contributed by atoms with Crippen molar-refractivity contribution >= 4 is 17.7 Å². The van der Waals surface area contributed by atoms with Crippen LogP contribution < -0.4 is 11.1 Å². The molecule has 0 saturated heterocycles. The van der Waals surface area contributed by atoms with Gasteiger partial charge >= 0.3 is 0 Å². The van der Waals surface area contributed by atoms with Crippen LogP contribution in [0.4, 0.5) is 0 Å². The second-order valence-electron chi connectivity index (χ2n) is 5.59. The number of nitrogens with two attached hydrogens (primary N) is 1. The summed E-state index contributed by atoms with van der Waals surface area (Å²) in [4.78, 5) is 13.0. The second-order valence-corrected chi connectivity index (χ2v) is 6.64. The Morgan fingerprint density at radius 2 is 1.95 bits per heavy atom. The minimum Gasteiger partial charge on any atom is -0.508 e. The number of hydrogen-bond donors (Lipinski definition) is 3. The third-order valence-electron chi connectivity index (χ3n) is 4.03. The Labute approximate surface area is 130 Å². The minimum absolute atomic E-state index is 0.0362. The Morgan fingerprint density at radius 1 is 1.29 bits per heavy atom. The van der Waals surface area contributed by atoms with E-state index in [-0.39, 0.29) is 17.7 Å². The molecule has 21 heavy (non-hydrogen) atoms. The lowest BCUT2D eigenvalue weighted by molar-refractivity contribution is -0.119. The van der Waals surface area contributed by atoms with Crippen LogP contribution in [0.25, 0.3) is 0 Å². The highest BCUT2D eigenvalue weighted by Crippen LogP contribution is 2.26. The number of benzene rings is 1. The topological polar surface area (TPSA) is 75.3 Å². The molecule has 1 saturated carbocycles. The van der Waals surface area contributed by atoms with Gasteiger partial charge in [0, 0.05) is 17.5 Å². The van der Waals surface area contributed by atoms with Crippen LogP contribution in [0, 0.1) is 5.92 Å². The molecular weight excluding hydrogens is 284 g/mol. The normalized spacial score (nSPS) is 17.4. The molecular formula is C16H24N2O2S. The van der Waals surface area contributed by atoms with E-state index in [9.17, 15) is 9.90 Å². The van der Waals surface area contributed by atoms with Gasteiger partial charge in [0.2, 0.25) is 5.91 Å². The van der Waals surface area contributed by atoms with Gasteiger partial charge in [-0.3, -0.25) is 4.79 Å². The number of rotatable bonds is 6. The molecule has 116 valence electrons. The molecule has 0 spiro atoms. The summed E-state index contributed by atoms with van der Waals surface area (Å²) in [5.74, 6) is 1.19. The minimum atomic E-state index is 0.0362. The van der Waals surface area contributed by atoms with Crippen LogP contribution in [-0.4, -0.2) is 29.4 Å². The quantitative estimate of drug-likeness (QED) is 0.706. The Bertz CT molecular complexity index is 444. The first-order valence-electron chi connectivity index (χ1n) is 7.60. The molecule has 1 atom stereocenters. The van der Waals surface area contributed by atoms with Crippen molar-refractivity contribution in [3.8, 4) is 5.75 Å². The van der Waals surface area contributed by atoms with Crippen molar-refractivity contribution in [3.05, 3.63) is 24.3 Å². The van der Waals surface area contributed by atoms with Crippen molar-refractivity contribution in [1.29, 1.82) is 0 Å². The van der Waals surface area contributed by atoms with E-state index >= 15 is 0 Å². The predicted octanol–water partition coefficient (Wildman–Crippen LogP) is 2.51. The summed E-state index contributed by atoms with van der Waals surface area (Å²) in [6.07, 6.45) is 6.15. The number of amides is 1. The zero-order valence-electron chi connectivity index (χ0n) is 12.3. The number of phenolic OH excluding ortho intramolecular Hbond substituents is 1. The number of hydrogen-bond acceptors (Lipinski definition) is 4. The Hall–Kier alpha value is -1.20. The fourth-order valence-corrected chi connectivity index (χ4v) is 3.56. The van der Waals surface area contributed by atoms with Gasteiger partial charge in [-0.2, -0.15) is 0 Å². The van der Waals surface area contributed by atoms with E-state index in [2.05, 4.69) is 5.32 Å². The average molecular weight is 308 g/mol. The van der Waals surface area contributed by atoms with Gasteiger partial charge in [-0.15, -0.1) is 11.8 Å². The molecule has 2 rings (SSSR count). The van der Waals surface area contributed by atoms with Crippen LogP contribution in [0.15, 0.2) is 29.2 Å². The van der Waals surface area contributed by atoms with Gasteiger partial charge in [-0.1, -0.05) is 19.3 Å². The van der Waals surface area contributed by atoms with E-state index in [1.54, 1.807) is 12.1 Å². The zero-order valence-corrected chi connectivity index (χ0v) is 13.1. The Morgan fingerprint density at radius 3 is 2.57 bits per heavy atom. The molecule has 4 nitrogen and oxygen atoms in total. The Balaban J connectivity index is 1.78. The SMILES string of the molecule is NCC(NC(=O)CSc1ccc(O)cc1)C1CCCCC1. The Kier molecular flexibility index (Phi) is 6.39. The van der Waals surface area contributed by atoms with Crippen molar-refractivity contribution in [2.75, 3.05) is 12.3 Å². The highest BCUT2D eigenvalue weighted by atomic mass is 32.2. The number of carbonyl (C=O) groups excluding carboxylic acids is 1. The summed E-state index contributed by atoms with van der Waals surface area (Å²) in [6.45, 7) is 0.514. The molecule has 0 heterocycles. The van der Waals surface area contributed by atoms with E-state index in [0.29, 0.717) is 18.2 Å². The monoisotopic (exact) mass is 308 g/mol. The van der Waals surface area contributed by atoms with E-state index in [4.69, 9.17) is 5.73 Å². The fourth-order valence-electron chi connectivity index (χ4n) is 2.85. The largest absolute Gasteiger partial charge is 0.508 e. The standard InChI is InChI=1S/C16H24N2O2S/c17-10-15(12-4-2-1-3-5-12)18-16(20)11-21-14-8-6-13(19)7-9-14/h6-9,12,15,19H,1-5,10-11,17H2,(H,18,20). The first kappa shape index (κ1) is 16.2. The fraction of sp³-hybridized carbons (Fsp3) is 0.562. The lowest BCUT2D eigenvalue weighted by Gasteiger charge is -2.30. The summed E-state index contributed by atoms with van der Waals surface area (Å²) in [5, 5.41) is 12.3. The van der Waals surface area contributed by atoms with Crippen LogP contribution in [-0.2, 0) is 4.79 Å². The van der Waals surface area contributed by atoms with E-state index in [1.807, 2.05) is 12.1 Å². The molecule has 1 aliphatic rings. The summed E-state index contributed by atoms with van der Waals surface area (Å²) in [6, 6.07) is 7.00. The summed E-state index contributed by atoms with van der Waals surface area (Å²) < 4.78 is 0. The van der Waals surface area contributed by atoms with Crippen LogP contribution in [0.2, 0.25) is 0 Å². The molecule has 1 amide bonds. The molecule has 1 fully saturated rings. The van der Waals surface area contributed by atoms with E-state index < -0.39 is 0 Å². The predicted molar refractivity (Wildman–Crippen MR) is 86.4 cm³/mol. The van der Waals surface area contributed by atoms with Crippen LogP contribution in [0.1, 0.15) is 32.1 Å². The number of thioether (sulfide) groups is 1. The van der Waals surface area contributed by atoms with Gasteiger partial charge in [0.15, 0.2) is 0 Å². The third kappa shape index (κ3) is 5.25. The molecule has 0 aliphatic heterocycles. The van der Waals surface area contributed by atoms with Crippen molar-refractivity contribution in [2.24, 2.45) is 11.7 Å². The number of aromatic hydroxyl groups is 1. The van der Waals surface area contributed by atoms with Gasteiger partial charge in [0.1, 0.15) is 5.75 Å². The molecule has 0 bridgehead atoms. The maximum atomic E-state index is 12.1. The molecule has 1 aromatic carbocycles. The summed E-state index contributed by atoms with van der Waals surface area (Å²) >= 11 is 1.47. The molecule has 4 N–H and O–H groups in total. The third-order valence-corrected chi connectivity index (χ3v) is 5.04. The van der Waals surface area contributed by atoms with Gasteiger partial charge in [0.05, 0.1) is 5.75 Å². The number of carbonyl (C=O) groups is 1. The molecule has 5 heteroatoms. The highest BCUT2D eigenvalue weighted by molar-refractivity contribution is 8.00. The average Bonchev–Trinajstić information content (AvgIpc) is 2.53. The molecule has 1 aliphatic carbocycles. The number of phenols is 1. The van der Waals surface area contributed by atoms with Crippen molar-refractivity contribution < 1.29 is 9.90 Å². The van der Waals surface area contributed by atoms with Crippen molar-refractivity contribution in [3.63, 3.8) is 0 Å². The summed E-state index contributed by atoms with van der Waals surface area (Å²) in [7, 11) is 0. The molecule has 0 radical (unpaired) electrons. The highest BCUT2D eigenvalue weighted by Gasteiger charge is 2.23. The van der Waals surface area contributed by atoms with Crippen LogP contribution in [0.5, 0.6) is 5.75 Å². The van der Waals surface area contributed by atoms with Gasteiger partial charge in [-0.25, -0.2) is 0 Å². The number of nitrogens with one attached hydrogen (secondary N) is 1. The molecule has 1 unspecified atom stereocenters. The van der Waals surface area contributed by atoms with Crippen LogP contribution in [0.3, 0.4) is 0 Å². The van der Waals surface area contributed by atoms with Gasteiger partial charge in [0.25, 0.3) is 0 Å². The van der Waals surface area contributed by atoms with E-state index in [1.165, 1.54) is 43.9 Å². The first-order chi connectivity index (χ1) is 10.2. The van der Waals surface area contributed by atoms with Gasteiger partial charge < -0.3 is 16.2 Å². The zero-order chi connectivity index (χ0) is 15.1. The second kappa shape index (κ2) is 8.29. The summed E-state index contributed by atoms with van der Waals surface area (Å²) in [5.41, 5.74) is 5.83. The van der Waals surface area contributed by atoms with Crippen LogP contribution >= 0.6 is 11.8 Å². The lowest BCUT2D eigenvalue weighted by Crippen LogP contribution is -2.46.